The zero-order valence-corrected chi connectivity index (χ0v) is 9.33. The summed E-state index contributed by atoms with van der Waals surface area (Å²) in [6.07, 6.45) is 4.12. The topological polar surface area (TPSA) is 53.6 Å². The van der Waals surface area contributed by atoms with Crippen LogP contribution in [0.5, 0.6) is 0 Å². The first-order valence-electron chi connectivity index (χ1n) is 5.04. The van der Waals surface area contributed by atoms with Gasteiger partial charge in [-0.3, -0.25) is 10.00 Å². The SMILES string of the molecule is Cc1nn(CC(C#N)NC2CC2)cc1Cl. The van der Waals surface area contributed by atoms with E-state index >= 15 is 0 Å². The first-order chi connectivity index (χ1) is 7.19. The molecule has 5 heteroatoms. The number of hydrogen-bond acceptors (Lipinski definition) is 3. The van der Waals surface area contributed by atoms with Crippen molar-refractivity contribution in [1.29, 1.82) is 5.26 Å². The molecule has 80 valence electrons. The van der Waals surface area contributed by atoms with Gasteiger partial charge in [-0.1, -0.05) is 11.6 Å². The number of aromatic nitrogens is 2. The maximum Gasteiger partial charge on any atom is 0.115 e. The zero-order valence-electron chi connectivity index (χ0n) is 8.57. The molecule has 1 saturated carbocycles. The molecule has 0 spiro atoms. The Balaban J connectivity index is 1.96. The summed E-state index contributed by atoms with van der Waals surface area (Å²) in [5, 5.41) is 17.1. The third kappa shape index (κ3) is 2.71. The van der Waals surface area contributed by atoms with Gasteiger partial charge in [-0.25, -0.2) is 0 Å². The fraction of sp³-hybridized carbons (Fsp3) is 0.600. The van der Waals surface area contributed by atoms with Gasteiger partial charge in [-0.05, 0) is 19.8 Å². The van der Waals surface area contributed by atoms with Crippen LogP contribution >= 0.6 is 11.6 Å². The van der Waals surface area contributed by atoms with E-state index in [0.717, 1.165) is 5.69 Å². The molecule has 1 fully saturated rings. The minimum Gasteiger partial charge on any atom is -0.298 e. The molecule has 1 N–H and O–H groups in total. The molecule has 1 aromatic rings. The van der Waals surface area contributed by atoms with Crippen molar-refractivity contribution in [3.8, 4) is 6.07 Å². The third-order valence-electron chi connectivity index (χ3n) is 2.43. The zero-order chi connectivity index (χ0) is 10.8. The molecule has 1 aliphatic rings. The Morgan fingerprint density at radius 3 is 3.00 bits per heavy atom. The summed E-state index contributed by atoms with van der Waals surface area (Å²) in [5.41, 5.74) is 0.805. The first kappa shape index (κ1) is 10.5. The number of nitrogens with zero attached hydrogens (tertiary/aromatic N) is 3. The lowest BCUT2D eigenvalue weighted by Gasteiger charge is -2.10. The van der Waals surface area contributed by atoms with Crippen molar-refractivity contribution in [3.63, 3.8) is 0 Å². The summed E-state index contributed by atoms with van der Waals surface area (Å²) in [7, 11) is 0. The minimum atomic E-state index is -0.173. The van der Waals surface area contributed by atoms with E-state index in [1.165, 1.54) is 12.8 Å². The Hall–Kier alpha value is -1.05. The lowest BCUT2D eigenvalue weighted by molar-refractivity contribution is 0.487. The molecule has 15 heavy (non-hydrogen) atoms. The van der Waals surface area contributed by atoms with Crippen molar-refractivity contribution in [1.82, 2.24) is 15.1 Å². The minimum absolute atomic E-state index is 0.173. The van der Waals surface area contributed by atoms with Gasteiger partial charge in [0.1, 0.15) is 6.04 Å². The van der Waals surface area contributed by atoms with Crippen LogP contribution in [0, 0.1) is 18.3 Å². The fourth-order valence-electron chi connectivity index (χ4n) is 1.44. The summed E-state index contributed by atoms with van der Waals surface area (Å²) in [5.74, 6) is 0. The van der Waals surface area contributed by atoms with Crippen LogP contribution in [0.15, 0.2) is 6.20 Å². The van der Waals surface area contributed by atoms with Crippen LogP contribution in [-0.4, -0.2) is 21.9 Å². The van der Waals surface area contributed by atoms with Gasteiger partial charge in [0.15, 0.2) is 0 Å². The molecule has 1 aliphatic carbocycles. The van der Waals surface area contributed by atoms with Crippen LogP contribution in [0.3, 0.4) is 0 Å². The highest BCUT2D eigenvalue weighted by atomic mass is 35.5. The van der Waals surface area contributed by atoms with Gasteiger partial charge in [-0.2, -0.15) is 10.4 Å². The monoisotopic (exact) mass is 224 g/mol. The van der Waals surface area contributed by atoms with Crippen molar-refractivity contribution in [3.05, 3.63) is 16.9 Å². The van der Waals surface area contributed by atoms with E-state index in [2.05, 4.69) is 16.5 Å². The van der Waals surface area contributed by atoms with Crippen LogP contribution in [0.2, 0.25) is 5.02 Å². The second-order valence-electron chi connectivity index (χ2n) is 3.91. The normalized spacial score (nSPS) is 17.4. The van der Waals surface area contributed by atoms with Crippen LogP contribution < -0.4 is 5.32 Å². The van der Waals surface area contributed by atoms with Gasteiger partial charge in [0.2, 0.25) is 0 Å². The lowest BCUT2D eigenvalue weighted by Crippen LogP contribution is -2.33. The van der Waals surface area contributed by atoms with Crippen molar-refractivity contribution < 1.29 is 0 Å². The van der Waals surface area contributed by atoms with E-state index in [4.69, 9.17) is 16.9 Å². The summed E-state index contributed by atoms with van der Waals surface area (Å²) in [4.78, 5) is 0. The van der Waals surface area contributed by atoms with Gasteiger partial charge < -0.3 is 0 Å². The summed E-state index contributed by atoms with van der Waals surface area (Å²) in [6, 6.07) is 2.59. The molecule has 0 aliphatic heterocycles. The number of nitriles is 1. The first-order valence-corrected chi connectivity index (χ1v) is 5.42. The molecule has 1 aromatic heterocycles. The number of hydrogen-bond donors (Lipinski definition) is 1. The van der Waals surface area contributed by atoms with Gasteiger partial charge in [0, 0.05) is 12.2 Å². The molecule has 4 nitrogen and oxygen atoms in total. The van der Waals surface area contributed by atoms with E-state index < -0.39 is 0 Å². The van der Waals surface area contributed by atoms with Crippen LogP contribution in [0.25, 0.3) is 0 Å². The highest BCUT2D eigenvalue weighted by molar-refractivity contribution is 6.31. The lowest BCUT2D eigenvalue weighted by atomic mass is 10.3. The average Bonchev–Trinajstić information content (AvgIpc) is 2.94. The van der Waals surface area contributed by atoms with E-state index in [-0.39, 0.29) is 6.04 Å². The van der Waals surface area contributed by atoms with Crippen molar-refractivity contribution in [2.24, 2.45) is 0 Å². The van der Waals surface area contributed by atoms with Crippen LogP contribution in [0.4, 0.5) is 0 Å². The maximum atomic E-state index is 8.95. The van der Waals surface area contributed by atoms with Crippen molar-refractivity contribution in [2.45, 2.75) is 38.4 Å². The largest absolute Gasteiger partial charge is 0.298 e. The molecule has 1 unspecified atom stereocenters. The van der Waals surface area contributed by atoms with Crippen LogP contribution in [-0.2, 0) is 6.54 Å². The molecule has 2 rings (SSSR count). The highest BCUT2D eigenvalue weighted by Gasteiger charge is 2.24. The van der Waals surface area contributed by atoms with E-state index in [0.29, 0.717) is 17.6 Å². The molecule has 0 radical (unpaired) electrons. The predicted octanol–water partition coefficient (Wildman–Crippen LogP) is 1.49. The Morgan fingerprint density at radius 1 is 1.80 bits per heavy atom. The van der Waals surface area contributed by atoms with E-state index in [1.807, 2.05) is 6.92 Å². The number of aryl methyl sites for hydroxylation is 1. The second kappa shape index (κ2) is 4.21. The van der Waals surface area contributed by atoms with Crippen molar-refractivity contribution >= 4 is 11.6 Å². The van der Waals surface area contributed by atoms with Gasteiger partial charge in [-0.15, -0.1) is 0 Å². The highest BCUT2D eigenvalue weighted by Crippen LogP contribution is 2.19. The molecule has 0 amide bonds. The molecular weight excluding hydrogens is 212 g/mol. The average molecular weight is 225 g/mol. The third-order valence-corrected chi connectivity index (χ3v) is 2.80. The summed E-state index contributed by atoms with van der Waals surface area (Å²) >= 11 is 5.89. The summed E-state index contributed by atoms with van der Waals surface area (Å²) < 4.78 is 1.72. The molecule has 0 bridgehead atoms. The number of rotatable bonds is 4. The smallest absolute Gasteiger partial charge is 0.115 e. The maximum absolute atomic E-state index is 8.95. The quantitative estimate of drug-likeness (QED) is 0.843. The van der Waals surface area contributed by atoms with E-state index in [9.17, 15) is 0 Å². The van der Waals surface area contributed by atoms with Gasteiger partial charge >= 0.3 is 0 Å². The Bertz CT molecular complexity index is 369. The predicted molar refractivity (Wildman–Crippen MR) is 57.5 cm³/mol. The molecule has 0 aromatic carbocycles. The van der Waals surface area contributed by atoms with Crippen LogP contribution in [0.1, 0.15) is 18.5 Å². The Morgan fingerprint density at radius 2 is 2.53 bits per heavy atom. The molecule has 0 saturated heterocycles. The summed E-state index contributed by atoms with van der Waals surface area (Å²) in [6.45, 7) is 2.41. The number of nitrogens with one attached hydrogen (secondary N) is 1. The molecule has 1 atom stereocenters. The second-order valence-corrected chi connectivity index (χ2v) is 4.31. The molecule has 1 heterocycles. The van der Waals surface area contributed by atoms with Gasteiger partial charge in [0.25, 0.3) is 0 Å². The standard InChI is InChI=1S/C10H13ClN4/c1-7-10(11)6-15(14-7)5-9(4-12)13-8-2-3-8/h6,8-9,13H,2-3,5H2,1H3. The van der Waals surface area contributed by atoms with Crippen molar-refractivity contribution in [2.75, 3.05) is 0 Å². The van der Waals surface area contributed by atoms with E-state index in [1.54, 1.807) is 10.9 Å². The van der Waals surface area contributed by atoms with Gasteiger partial charge in [0.05, 0.1) is 23.3 Å². The fourth-order valence-corrected chi connectivity index (χ4v) is 1.59. The Labute approximate surface area is 93.8 Å². The Kier molecular flexibility index (Phi) is 2.94. The number of halogens is 1. The molecular formula is C10H13ClN4.